The van der Waals surface area contributed by atoms with E-state index < -0.39 is 28.5 Å². The van der Waals surface area contributed by atoms with Crippen molar-refractivity contribution in [3.05, 3.63) is 49.6 Å². The van der Waals surface area contributed by atoms with Crippen molar-refractivity contribution in [3.8, 4) is 5.69 Å². The van der Waals surface area contributed by atoms with Gasteiger partial charge in [0.05, 0.1) is 14.6 Å². The summed E-state index contributed by atoms with van der Waals surface area (Å²) in [6, 6.07) is 2.91. The zero-order valence-electron chi connectivity index (χ0n) is 9.06. The van der Waals surface area contributed by atoms with Crippen molar-refractivity contribution in [1.82, 2.24) is 9.78 Å². The van der Waals surface area contributed by atoms with Gasteiger partial charge in [0.25, 0.3) is 12.1 Å². The Morgan fingerprint density at radius 2 is 2.11 bits per heavy atom. The summed E-state index contributed by atoms with van der Waals surface area (Å²) in [5, 5.41) is 14.0. The molecule has 1 aromatic heterocycles. The van der Waals surface area contributed by atoms with Crippen LogP contribution in [-0.2, 0) is 0 Å². The molecule has 2 rings (SSSR count). The molecular formula is C10H5F3IN3O2. The molecule has 2 aromatic rings. The van der Waals surface area contributed by atoms with Crippen LogP contribution in [0.15, 0.2) is 24.4 Å². The molecule has 0 spiro atoms. The number of halogens is 4. The van der Waals surface area contributed by atoms with Crippen LogP contribution in [0.3, 0.4) is 0 Å². The second-order valence-electron chi connectivity index (χ2n) is 3.50. The first-order valence-corrected chi connectivity index (χ1v) is 5.95. The second-order valence-corrected chi connectivity index (χ2v) is 4.66. The Morgan fingerprint density at radius 3 is 2.58 bits per heavy atom. The smallest absolute Gasteiger partial charge is 0.258 e. The summed E-state index contributed by atoms with van der Waals surface area (Å²) in [6.07, 6.45) is -1.54. The predicted octanol–water partition coefficient (Wildman–Crippen LogP) is 3.46. The van der Waals surface area contributed by atoms with E-state index in [1.165, 1.54) is 6.20 Å². The van der Waals surface area contributed by atoms with Crippen molar-refractivity contribution in [2.24, 2.45) is 0 Å². The van der Waals surface area contributed by atoms with Gasteiger partial charge in [-0.1, -0.05) is 0 Å². The number of hydrogen-bond acceptors (Lipinski definition) is 3. The maximum absolute atomic E-state index is 13.7. The number of nitrogens with zero attached hydrogens (tertiary/aromatic N) is 3. The van der Waals surface area contributed by atoms with Crippen LogP contribution in [0.1, 0.15) is 12.1 Å². The summed E-state index contributed by atoms with van der Waals surface area (Å²) in [6.45, 7) is 0. The Bertz CT molecular complexity index is 645. The van der Waals surface area contributed by atoms with E-state index >= 15 is 0 Å². The van der Waals surface area contributed by atoms with E-state index in [4.69, 9.17) is 0 Å². The van der Waals surface area contributed by atoms with E-state index in [0.717, 1.165) is 16.8 Å². The molecule has 1 aromatic carbocycles. The number of nitro groups is 1. The molecule has 9 heteroatoms. The molecule has 0 radical (unpaired) electrons. The van der Waals surface area contributed by atoms with Crippen LogP contribution in [-0.4, -0.2) is 14.7 Å². The minimum absolute atomic E-state index is 0.129. The first-order chi connectivity index (χ1) is 8.90. The Labute approximate surface area is 118 Å². The lowest BCUT2D eigenvalue weighted by Gasteiger charge is -2.02. The number of alkyl halides is 2. The molecule has 0 aliphatic carbocycles. The molecule has 0 aliphatic heterocycles. The van der Waals surface area contributed by atoms with E-state index in [-0.39, 0.29) is 9.26 Å². The van der Waals surface area contributed by atoms with Crippen LogP contribution >= 0.6 is 22.6 Å². The molecule has 0 aliphatic rings. The average Bonchev–Trinajstić information content (AvgIpc) is 2.71. The van der Waals surface area contributed by atoms with E-state index in [1.54, 1.807) is 22.6 Å². The van der Waals surface area contributed by atoms with Gasteiger partial charge in [-0.3, -0.25) is 10.1 Å². The summed E-state index contributed by atoms with van der Waals surface area (Å²) >= 11 is 1.66. The van der Waals surface area contributed by atoms with Gasteiger partial charge in [0, 0.05) is 12.3 Å². The van der Waals surface area contributed by atoms with Gasteiger partial charge in [-0.25, -0.2) is 17.9 Å². The number of non-ortho nitro benzene ring substituents is 1. The zero-order valence-corrected chi connectivity index (χ0v) is 11.2. The third-order valence-corrected chi connectivity index (χ3v) is 3.12. The first-order valence-electron chi connectivity index (χ1n) is 4.87. The van der Waals surface area contributed by atoms with Crippen molar-refractivity contribution in [3.63, 3.8) is 0 Å². The SMILES string of the molecule is O=[N+]([O-])c1ccc(-n2cc(I)c(C(F)F)n2)c(F)c1. The number of rotatable bonds is 3. The molecule has 19 heavy (non-hydrogen) atoms. The van der Waals surface area contributed by atoms with Gasteiger partial charge in [0.2, 0.25) is 0 Å². The fourth-order valence-electron chi connectivity index (χ4n) is 1.43. The molecular weight excluding hydrogens is 378 g/mol. The largest absolute Gasteiger partial charge is 0.283 e. The highest BCUT2D eigenvalue weighted by molar-refractivity contribution is 14.1. The van der Waals surface area contributed by atoms with Crippen molar-refractivity contribution < 1.29 is 18.1 Å². The maximum Gasteiger partial charge on any atom is 0.283 e. The summed E-state index contributed by atoms with van der Waals surface area (Å²) < 4.78 is 39.9. The number of benzene rings is 1. The van der Waals surface area contributed by atoms with Gasteiger partial charge in [-0.15, -0.1) is 0 Å². The van der Waals surface area contributed by atoms with Crippen LogP contribution in [0, 0.1) is 19.5 Å². The molecule has 0 saturated carbocycles. The van der Waals surface area contributed by atoms with Crippen LogP contribution in [0.2, 0.25) is 0 Å². The van der Waals surface area contributed by atoms with Gasteiger partial charge in [0.15, 0.2) is 5.82 Å². The first kappa shape index (κ1) is 13.8. The van der Waals surface area contributed by atoms with Gasteiger partial charge in [-0.05, 0) is 28.7 Å². The highest BCUT2D eigenvalue weighted by Crippen LogP contribution is 2.25. The molecule has 5 nitrogen and oxygen atoms in total. The monoisotopic (exact) mass is 383 g/mol. The Balaban J connectivity index is 2.48. The molecule has 100 valence electrons. The maximum atomic E-state index is 13.7. The highest BCUT2D eigenvalue weighted by atomic mass is 127. The summed E-state index contributed by atoms with van der Waals surface area (Å²) in [5.41, 5.74) is -1.01. The minimum atomic E-state index is -2.77. The molecule has 1 heterocycles. The van der Waals surface area contributed by atoms with Crippen molar-refractivity contribution in [2.75, 3.05) is 0 Å². The molecule has 0 amide bonds. The van der Waals surface area contributed by atoms with Crippen LogP contribution < -0.4 is 0 Å². The van der Waals surface area contributed by atoms with E-state index in [9.17, 15) is 23.3 Å². The van der Waals surface area contributed by atoms with Gasteiger partial charge in [-0.2, -0.15) is 5.10 Å². The summed E-state index contributed by atoms with van der Waals surface area (Å²) in [4.78, 5) is 9.72. The van der Waals surface area contributed by atoms with Gasteiger partial charge >= 0.3 is 0 Å². The molecule has 0 N–H and O–H groups in total. The Hall–Kier alpha value is -1.65. The number of aromatic nitrogens is 2. The topological polar surface area (TPSA) is 61.0 Å². The normalized spacial score (nSPS) is 11.0. The van der Waals surface area contributed by atoms with Crippen molar-refractivity contribution in [2.45, 2.75) is 6.43 Å². The standard InChI is InChI=1S/C10H5F3IN3O2/c11-6-3-5(17(18)19)1-2-8(6)16-4-7(14)9(15-16)10(12)13/h1-4,10H. The second kappa shape index (κ2) is 5.15. The molecule has 0 bridgehead atoms. The van der Waals surface area contributed by atoms with Crippen molar-refractivity contribution in [1.29, 1.82) is 0 Å². The van der Waals surface area contributed by atoms with E-state index in [0.29, 0.717) is 6.07 Å². The summed E-state index contributed by atoms with van der Waals surface area (Å²) in [7, 11) is 0. The quantitative estimate of drug-likeness (QED) is 0.464. The third kappa shape index (κ3) is 2.69. The molecule has 0 atom stereocenters. The molecule has 0 fully saturated rings. The molecule has 0 unspecified atom stereocenters. The van der Waals surface area contributed by atoms with Crippen LogP contribution in [0.25, 0.3) is 5.69 Å². The van der Waals surface area contributed by atoms with Crippen LogP contribution in [0.4, 0.5) is 18.9 Å². The average molecular weight is 383 g/mol. The third-order valence-electron chi connectivity index (χ3n) is 2.29. The van der Waals surface area contributed by atoms with Gasteiger partial charge in [0.1, 0.15) is 11.4 Å². The number of hydrogen-bond donors (Lipinski definition) is 0. The Morgan fingerprint density at radius 1 is 1.42 bits per heavy atom. The highest BCUT2D eigenvalue weighted by Gasteiger charge is 2.19. The fraction of sp³-hybridized carbons (Fsp3) is 0.100. The lowest BCUT2D eigenvalue weighted by Crippen LogP contribution is -2.00. The lowest BCUT2D eigenvalue weighted by atomic mass is 10.2. The fourth-order valence-corrected chi connectivity index (χ4v) is 2.04. The van der Waals surface area contributed by atoms with Gasteiger partial charge < -0.3 is 0 Å². The van der Waals surface area contributed by atoms with Crippen molar-refractivity contribution >= 4 is 28.3 Å². The number of nitro benzene ring substituents is 1. The van der Waals surface area contributed by atoms with E-state index in [1.807, 2.05) is 0 Å². The Kier molecular flexibility index (Phi) is 3.73. The lowest BCUT2D eigenvalue weighted by molar-refractivity contribution is -0.385. The molecule has 0 saturated heterocycles. The predicted molar refractivity (Wildman–Crippen MR) is 67.9 cm³/mol. The van der Waals surface area contributed by atoms with E-state index in [2.05, 4.69) is 5.10 Å². The summed E-state index contributed by atoms with van der Waals surface area (Å²) in [5.74, 6) is -0.908. The van der Waals surface area contributed by atoms with Crippen LogP contribution in [0.5, 0.6) is 0 Å². The minimum Gasteiger partial charge on any atom is -0.258 e. The zero-order chi connectivity index (χ0) is 14.2.